The van der Waals surface area contributed by atoms with Gasteiger partial charge in [-0.1, -0.05) is 36.4 Å². The number of hydrogen-bond acceptors (Lipinski definition) is 3. The maximum atomic E-state index is 13.5. The summed E-state index contributed by atoms with van der Waals surface area (Å²) in [7, 11) is 0. The predicted octanol–water partition coefficient (Wildman–Crippen LogP) is 2.24. The Morgan fingerprint density at radius 1 is 0.957 bits per heavy atom. The lowest BCUT2D eigenvalue weighted by Crippen LogP contribution is -2.30. The minimum atomic E-state index is -1.51. The third kappa shape index (κ3) is 4.58. The maximum Gasteiger partial charge on any atom is 0.223 e. The van der Waals surface area contributed by atoms with Crippen LogP contribution in [0.3, 0.4) is 0 Å². The number of carbonyl (C=O) groups excluding carboxylic acids is 1. The molecule has 0 aliphatic carbocycles. The highest BCUT2D eigenvalue weighted by atomic mass is 19.1. The van der Waals surface area contributed by atoms with Gasteiger partial charge in [0.2, 0.25) is 5.91 Å². The van der Waals surface area contributed by atoms with Gasteiger partial charge in [0, 0.05) is 6.54 Å². The van der Waals surface area contributed by atoms with Crippen molar-refractivity contribution in [1.82, 2.24) is 5.32 Å². The zero-order valence-corrected chi connectivity index (χ0v) is 12.2. The number of aliphatic hydroxyl groups excluding tert-OH is 2. The quantitative estimate of drug-likeness (QED) is 0.764. The van der Waals surface area contributed by atoms with Crippen LogP contribution in [0, 0.1) is 11.6 Å². The molecule has 1 amide bonds. The Morgan fingerprint density at radius 2 is 1.57 bits per heavy atom. The van der Waals surface area contributed by atoms with Crippen molar-refractivity contribution in [2.24, 2.45) is 0 Å². The first-order valence-corrected chi connectivity index (χ1v) is 7.10. The van der Waals surface area contributed by atoms with Crippen molar-refractivity contribution in [3.8, 4) is 0 Å². The van der Waals surface area contributed by atoms with Crippen molar-refractivity contribution in [2.75, 3.05) is 6.54 Å². The van der Waals surface area contributed by atoms with Gasteiger partial charge in [0.25, 0.3) is 0 Å². The smallest absolute Gasteiger partial charge is 0.223 e. The number of carbonyl (C=O) groups is 1. The van der Waals surface area contributed by atoms with Crippen LogP contribution in [0.15, 0.2) is 48.5 Å². The van der Waals surface area contributed by atoms with Crippen LogP contribution in [0.4, 0.5) is 8.78 Å². The monoisotopic (exact) mass is 321 g/mol. The van der Waals surface area contributed by atoms with Gasteiger partial charge in [0.1, 0.15) is 17.7 Å². The molecule has 2 rings (SSSR count). The number of hydrogen-bond donors (Lipinski definition) is 3. The van der Waals surface area contributed by atoms with Crippen LogP contribution < -0.4 is 5.32 Å². The summed E-state index contributed by atoms with van der Waals surface area (Å²) in [5.74, 6) is -2.29. The summed E-state index contributed by atoms with van der Waals surface area (Å²) in [5.41, 5.74) is 0.0970. The highest BCUT2D eigenvalue weighted by molar-refractivity contribution is 5.76. The topological polar surface area (TPSA) is 69.6 Å². The van der Waals surface area contributed by atoms with Crippen LogP contribution in [0.2, 0.25) is 0 Å². The molecular weight excluding hydrogens is 304 g/mol. The highest BCUT2D eigenvalue weighted by Crippen LogP contribution is 2.20. The van der Waals surface area contributed by atoms with Crippen LogP contribution in [0.5, 0.6) is 0 Å². The van der Waals surface area contributed by atoms with Crippen LogP contribution >= 0.6 is 0 Å². The van der Waals surface area contributed by atoms with Gasteiger partial charge in [-0.15, -0.1) is 0 Å². The maximum absolute atomic E-state index is 13.5. The van der Waals surface area contributed by atoms with Crippen LogP contribution in [0.1, 0.15) is 29.8 Å². The molecule has 0 radical (unpaired) electrons. The first-order valence-electron chi connectivity index (χ1n) is 7.10. The SMILES string of the molecule is O=C(CC(O)c1ccccc1)NCC(O)c1c(F)cccc1F. The molecule has 3 N–H and O–H groups in total. The molecule has 2 aromatic carbocycles. The Bertz CT molecular complexity index is 644. The van der Waals surface area contributed by atoms with E-state index in [1.54, 1.807) is 30.3 Å². The van der Waals surface area contributed by atoms with Crippen LogP contribution in [0.25, 0.3) is 0 Å². The molecule has 4 nitrogen and oxygen atoms in total. The minimum Gasteiger partial charge on any atom is -0.388 e. The number of amides is 1. The fraction of sp³-hybridized carbons (Fsp3) is 0.235. The molecule has 2 unspecified atom stereocenters. The minimum absolute atomic E-state index is 0.212. The standard InChI is InChI=1S/C17H17F2NO3/c18-12-7-4-8-13(19)17(12)15(22)10-20-16(23)9-14(21)11-5-2-1-3-6-11/h1-8,14-15,21-22H,9-10H2,(H,20,23). The molecule has 0 fully saturated rings. The summed E-state index contributed by atoms with van der Waals surface area (Å²) in [6.07, 6.45) is -2.70. The molecular formula is C17H17F2NO3. The molecule has 6 heteroatoms. The summed E-state index contributed by atoms with van der Waals surface area (Å²) >= 11 is 0. The van der Waals surface area contributed by atoms with Crippen molar-refractivity contribution in [3.05, 3.63) is 71.3 Å². The number of aliphatic hydroxyl groups is 2. The van der Waals surface area contributed by atoms with Gasteiger partial charge in [-0.2, -0.15) is 0 Å². The van der Waals surface area contributed by atoms with E-state index in [0.29, 0.717) is 5.56 Å². The van der Waals surface area contributed by atoms with Crippen molar-refractivity contribution in [1.29, 1.82) is 0 Å². The second kappa shape index (κ2) is 7.80. The Morgan fingerprint density at radius 3 is 2.17 bits per heavy atom. The van der Waals surface area contributed by atoms with E-state index in [0.717, 1.165) is 12.1 Å². The Hall–Kier alpha value is -2.31. The van der Waals surface area contributed by atoms with Crippen molar-refractivity contribution < 1.29 is 23.8 Å². The number of rotatable bonds is 6. The molecule has 0 bridgehead atoms. The van der Waals surface area contributed by atoms with E-state index >= 15 is 0 Å². The number of halogens is 2. The first kappa shape index (κ1) is 17.1. The summed E-state index contributed by atoms with van der Waals surface area (Å²) in [5, 5.41) is 22.1. The van der Waals surface area contributed by atoms with Gasteiger partial charge >= 0.3 is 0 Å². The fourth-order valence-corrected chi connectivity index (χ4v) is 2.18. The lowest BCUT2D eigenvalue weighted by Gasteiger charge is -2.15. The average Bonchev–Trinajstić information content (AvgIpc) is 2.53. The van der Waals surface area contributed by atoms with E-state index in [-0.39, 0.29) is 13.0 Å². The first-order chi connectivity index (χ1) is 11.0. The van der Waals surface area contributed by atoms with Gasteiger partial charge < -0.3 is 15.5 Å². The molecule has 0 saturated carbocycles. The Labute approximate surface area is 132 Å². The molecule has 2 aromatic rings. The molecule has 2 atom stereocenters. The molecule has 0 saturated heterocycles. The molecule has 0 aliphatic rings. The molecule has 0 aromatic heterocycles. The third-order valence-electron chi connectivity index (χ3n) is 3.39. The summed E-state index contributed by atoms with van der Waals surface area (Å²) in [6, 6.07) is 11.9. The van der Waals surface area contributed by atoms with Crippen LogP contribution in [-0.4, -0.2) is 22.7 Å². The van der Waals surface area contributed by atoms with Gasteiger partial charge in [0.05, 0.1) is 18.1 Å². The molecule has 23 heavy (non-hydrogen) atoms. The van der Waals surface area contributed by atoms with E-state index in [1.807, 2.05) is 0 Å². The largest absolute Gasteiger partial charge is 0.388 e. The van der Waals surface area contributed by atoms with Gasteiger partial charge in [-0.05, 0) is 17.7 Å². The van der Waals surface area contributed by atoms with Crippen molar-refractivity contribution in [2.45, 2.75) is 18.6 Å². The fourth-order valence-electron chi connectivity index (χ4n) is 2.18. The molecule has 0 heterocycles. The average molecular weight is 321 g/mol. The highest BCUT2D eigenvalue weighted by Gasteiger charge is 2.19. The zero-order chi connectivity index (χ0) is 16.8. The van der Waals surface area contributed by atoms with E-state index in [9.17, 15) is 23.8 Å². The molecule has 122 valence electrons. The lowest BCUT2D eigenvalue weighted by molar-refractivity contribution is -0.123. The van der Waals surface area contributed by atoms with Crippen molar-refractivity contribution in [3.63, 3.8) is 0 Å². The van der Waals surface area contributed by atoms with Gasteiger partial charge in [-0.25, -0.2) is 8.78 Å². The second-order valence-electron chi connectivity index (χ2n) is 5.09. The molecule has 0 spiro atoms. The Balaban J connectivity index is 1.89. The summed E-state index contributed by atoms with van der Waals surface area (Å²) < 4.78 is 27.0. The van der Waals surface area contributed by atoms with E-state index in [4.69, 9.17) is 0 Å². The Kier molecular flexibility index (Phi) is 5.78. The van der Waals surface area contributed by atoms with E-state index < -0.39 is 35.3 Å². The normalized spacial score (nSPS) is 13.4. The number of benzene rings is 2. The lowest BCUT2D eigenvalue weighted by atomic mass is 10.1. The van der Waals surface area contributed by atoms with Crippen molar-refractivity contribution >= 4 is 5.91 Å². The van der Waals surface area contributed by atoms with Crippen LogP contribution in [-0.2, 0) is 4.79 Å². The number of nitrogens with one attached hydrogen (secondary N) is 1. The van der Waals surface area contributed by atoms with E-state index in [2.05, 4.69) is 5.32 Å². The summed E-state index contributed by atoms with van der Waals surface area (Å²) in [6.45, 7) is -0.349. The van der Waals surface area contributed by atoms with E-state index in [1.165, 1.54) is 6.07 Å². The second-order valence-corrected chi connectivity index (χ2v) is 5.09. The zero-order valence-electron chi connectivity index (χ0n) is 12.2. The van der Waals surface area contributed by atoms with Gasteiger partial charge in [-0.3, -0.25) is 4.79 Å². The molecule has 0 aliphatic heterocycles. The predicted molar refractivity (Wildman–Crippen MR) is 80.3 cm³/mol. The summed E-state index contributed by atoms with van der Waals surface area (Å²) in [4.78, 5) is 11.8. The van der Waals surface area contributed by atoms with Gasteiger partial charge in [0.15, 0.2) is 0 Å². The third-order valence-corrected chi connectivity index (χ3v) is 3.39.